The molecule has 1 heterocycles. The number of rotatable bonds is 3. The van der Waals surface area contributed by atoms with Gasteiger partial charge in [0, 0.05) is 5.56 Å². The summed E-state index contributed by atoms with van der Waals surface area (Å²) >= 11 is 5.88. The van der Waals surface area contributed by atoms with Crippen LogP contribution in [-0.4, -0.2) is 9.78 Å². The maximum absolute atomic E-state index is 13.0. The van der Waals surface area contributed by atoms with Crippen LogP contribution < -0.4 is 0 Å². The summed E-state index contributed by atoms with van der Waals surface area (Å²) in [7, 11) is 0. The first kappa shape index (κ1) is 12.9. The smallest absolute Gasteiger partial charge is 0.123 e. The first-order valence-electron chi connectivity index (χ1n) is 6.24. The van der Waals surface area contributed by atoms with Crippen LogP contribution >= 0.6 is 11.6 Å². The molecule has 0 saturated heterocycles. The monoisotopic (exact) mass is 286 g/mol. The molecule has 0 unspecified atom stereocenters. The van der Waals surface area contributed by atoms with Crippen molar-refractivity contribution >= 4 is 11.6 Å². The zero-order valence-corrected chi connectivity index (χ0v) is 11.4. The van der Waals surface area contributed by atoms with Crippen LogP contribution in [-0.2, 0) is 5.88 Å². The molecule has 0 aliphatic rings. The van der Waals surface area contributed by atoms with Crippen LogP contribution in [0.3, 0.4) is 0 Å². The third kappa shape index (κ3) is 2.45. The van der Waals surface area contributed by atoms with Crippen LogP contribution in [0.25, 0.3) is 16.9 Å². The molecule has 1 aromatic heterocycles. The molecule has 0 saturated carbocycles. The number of nitrogens with zero attached hydrogens (tertiary/aromatic N) is 2. The van der Waals surface area contributed by atoms with Crippen molar-refractivity contribution in [3.63, 3.8) is 0 Å². The van der Waals surface area contributed by atoms with E-state index in [2.05, 4.69) is 5.10 Å². The molecule has 2 aromatic carbocycles. The van der Waals surface area contributed by atoms with Gasteiger partial charge in [-0.2, -0.15) is 5.10 Å². The predicted octanol–water partition coefficient (Wildman–Crippen LogP) is 4.42. The molecule has 3 rings (SSSR count). The molecular formula is C16H12ClFN2. The van der Waals surface area contributed by atoms with E-state index in [0.717, 1.165) is 22.6 Å². The average molecular weight is 287 g/mol. The van der Waals surface area contributed by atoms with E-state index in [1.165, 1.54) is 12.1 Å². The van der Waals surface area contributed by atoms with Crippen molar-refractivity contribution in [1.82, 2.24) is 9.78 Å². The molecule has 0 bridgehead atoms. The standard InChI is InChI=1S/C16H12ClFN2/c17-11-14-10-16(12-4-2-1-3-5-12)20(19-14)15-8-6-13(18)7-9-15/h1-10H,11H2. The number of hydrogen-bond donors (Lipinski definition) is 0. The van der Waals surface area contributed by atoms with Gasteiger partial charge in [-0.15, -0.1) is 11.6 Å². The van der Waals surface area contributed by atoms with Gasteiger partial charge in [0.05, 0.1) is 23.0 Å². The van der Waals surface area contributed by atoms with Gasteiger partial charge in [0.25, 0.3) is 0 Å². The Bertz CT molecular complexity index is 705. The second-order valence-electron chi connectivity index (χ2n) is 4.41. The fraction of sp³-hybridized carbons (Fsp3) is 0.0625. The molecule has 0 amide bonds. The van der Waals surface area contributed by atoms with Gasteiger partial charge in [-0.3, -0.25) is 0 Å². The molecule has 0 radical (unpaired) electrons. The third-order valence-electron chi connectivity index (χ3n) is 3.04. The van der Waals surface area contributed by atoms with E-state index in [0.29, 0.717) is 5.88 Å². The topological polar surface area (TPSA) is 17.8 Å². The largest absolute Gasteiger partial charge is 0.233 e. The van der Waals surface area contributed by atoms with Gasteiger partial charge in [0.2, 0.25) is 0 Å². The molecule has 2 nitrogen and oxygen atoms in total. The summed E-state index contributed by atoms with van der Waals surface area (Å²) in [5.41, 5.74) is 3.57. The predicted molar refractivity (Wildman–Crippen MR) is 78.5 cm³/mol. The van der Waals surface area contributed by atoms with E-state index in [1.807, 2.05) is 36.4 Å². The van der Waals surface area contributed by atoms with Crippen molar-refractivity contribution in [3.8, 4) is 16.9 Å². The molecule has 0 aliphatic heterocycles. The molecule has 0 spiro atoms. The van der Waals surface area contributed by atoms with Crippen molar-refractivity contribution in [1.29, 1.82) is 0 Å². The quantitative estimate of drug-likeness (QED) is 0.652. The van der Waals surface area contributed by atoms with Crippen LogP contribution in [0.1, 0.15) is 5.69 Å². The number of aromatic nitrogens is 2. The lowest BCUT2D eigenvalue weighted by atomic mass is 10.1. The van der Waals surface area contributed by atoms with Crippen molar-refractivity contribution in [2.75, 3.05) is 0 Å². The highest BCUT2D eigenvalue weighted by Gasteiger charge is 2.11. The minimum Gasteiger partial charge on any atom is -0.233 e. The van der Waals surface area contributed by atoms with Gasteiger partial charge in [0.1, 0.15) is 5.82 Å². The van der Waals surface area contributed by atoms with Crippen molar-refractivity contribution in [2.24, 2.45) is 0 Å². The minimum absolute atomic E-state index is 0.264. The number of halogens is 2. The molecule has 20 heavy (non-hydrogen) atoms. The number of hydrogen-bond acceptors (Lipinski definition) is 1. The summed E-state index contributed by atoms with van der Waals surface area (Å²) in [4.78, 5) is 0. The lowest BCUT2D eigenvalue weighted by molar-refractivity contribution is 0.627. The Labute approximate surface area is 121 Å². The van der Waals surface area contributed by atoms with Crippen LogP contribution in [0.4, 0.5) is 4.39 Å². The van der Waals surface area contributed by atoms with Crippen molar-refractivity contribution in [3.05, 3.63) is 72.2 Å². The van der Waals surface area contributed by atoms with Crippen molar-refractivity contribution < 1.29 is 4.39 Å². The SMILES string of the molecule is Fc1ccc(-n2nc(CCl)cc2-c2ccccc2)cc1. The zero-order valence-electron chi connectivity index (χ0n) is 10.6. The highest BCUT2D eigenvalue weighted by atomic mass is 35.5. The maximum Gasteiger partial charge on any atom is 0.123 e. The van der Waals surface area contributed by atoms with E-state index >= 15 is 0 Å². The van der Waals surface area contributed by atoms with Crippen LogP contribution in [0, 0.1) is 5.82 Å². The Morgan fingerprint density at radius 3 is 2.35 bits per heavy atom. The van der Waals surface area contributed by atoms with Gasteiger partial charge >= 0.3 is 0 Å². The Morgan fingerprint density at radius 1 is 1.00 bits per heavy atom. The lowest BCUT2D eigenvalue weighted by Crippen LogP contribution is -1.99. The number of benzene rings is 2. The second kappa shape index (κ2) is 5.47. The van der Waals surface area contributed by atoms with Gasteiger partial charge in [0.15, 0.2) is 0 Å². The van der Waals surface area contributed by atoms with Gasteiger partial charge < -0.3 is 0 Å². The maximum atomic E-state index is 13.0. The first-order valence-corrected chi connectivity index (χ1v) is 6.77. The molecule has 3 aromatic rings. The first-order chi connectivity index (χ1) is 9.78. The van der Waals surface area contributed by atoms with E-state index in [9.17, 15) is 4.39 Å². The highest BCUT2D eigenvalue weighted by molar-refractivity contribution is 6.16. The lowest BCUT2D eigenvalue weighted by Gasteiger charge is -2.07. The fourth-order valence-electron chi connectivity index (χ4n) is 2.09. The number of alkyl halides is 1. The Morgan fingerprint density at radius 2 is 1.70 bits per heavy atom. The molecule has 4 heteroatoms. The molecule has 0 fully saturated rings. The van der Waals surface area contributed by atoms with Crippen LogP contribution in [0.15, 0.2) is 60.7 Å². The van der Waals surface area contributed by atoms with Crippen molar-refractivity contribution in [2.45, 2.75) is 5.88 Å². The summed E-state index contributed by atoms with van der Waals surface area (Å²) in [5, 5.41) is 4.47. The Kier molecular flexibility index (Phi) is 3.52. The summed E-state index contributed by atoms with van der Waals surface area (Å²) in [6.45, 7) is 0. The van der Waals surface area contributed by atoms with E-state index in [-0.39, 0.29) is 5.82 Å². The fourth-order valence-corrected chi connectivity index (χ4v) is 2.22. The van der Waals surface area contributed by atoms with Crippen LogP contribution in [0.2, 0.25) is 0 Å². The van der Waals surface area contributed by atoms with Gasteiger partial charge in [-0.25, -0.2) is 9.07 Å². The summed E-state index contributed by atoms with van der Waals surface area (Å²) in [6.07, 6.45) is 0. The molecule has 0 atom stereocenters. The average Bonchev–Trinajstić information content (AvgIpc) is 2.93. The summed E-state index contributed by atoms with van der Waals surface area (Å²) in [5.74, 6) is 0.0772. The normalized spacial score (nSPS) is 10.7. The third-order valence-corrected chi connectivity index (χ3v) is 3.31. The van der Waals surface area contributed by atoms with Gasteiger partial charge in [-0.1, -0.05) is 30.3 Å². The van der Waals surface area contributed by atoms with E-state index in [4.69, 9.17) is 11.6 Å². The summed E-state index contributed by atoms with van der Waals surface area (Å²) < 4.78 is 14.8. The van der Waals surface area contributed by atoms with E-state index in [1.54, 1.807) is 16.8 Å². The Hall–Kier alpha value is -2.13. The second-order valence-corrected chi connectivity index (χ2v) is 4.68. The molecule has 0 N–H and O–H groups in total. The van der Waals surface area contributed by atoms with Crippen LogP contribution in [0.5, 0.6) is 0 Å². The Balaban J connectivity index is 2.15. The minimum atomic E-state index is -0.264. The highest BCUT2D eigenvalue weighted by Crippen LogP contribution is 2.24. The molecular weight excluding hydrogens is 275 g/mol. The zero-order chi connectivity index (χ0) is 13.9. The summed E-state index contributed by atoms with van der Waals surface area (Å²) in [6, 6.07) is 18.1. The van der Waals surface area contributed by atoms with E-state index < -0.39 is 0 Å². The molecule has 100 valence electrons. The molecule has 0 aliphatic carbocycles. The van der Waals surface area contributed by atoms with Gasteiger partial charge in [-0.05, 0) is 30.3 Å².